The summed E-state index contributed by atoms with van der Waals surface area (Å²) in [5, 5.41) is 0. The van der Waals surface area contributed by atoms with E-state index in [0.717, 1.165) is 5.75 Å². The van der Waals surface area contributed by atoms with Crippen molar-refractivity contribution in [2.75, 3.05) is 6.61 Å². The molecular weight excluding hydrogens is 184 g/mol. The molecule has 1 heterocycles. The molecule has 15 heavy (non-hydrogen) atoms. The summed E-state index contributed by atoms with van der Waals surface area (Å²) in [7, 11) is 0. The second-order valence-electron chi connectivity index (χ2n) is 2.66. The van der Waals surface area contributed by atoms with Gasteiger partial charge in [0.1, 0.15) is 12.4 Å². The highest BCUT2D eigenvalue weighted by molar-refractivity contribution is 5.58. The minimum atomic E-state index is 0.705. The molecule has 0 aliphatic carbocycles. The number of rotatable bonds is 0. The normalized spacial score (nSPS) is 10.5. The van der Waals surface area contributed by atoms with E-state index >= 15 is 0 Å². The Bertz CT molecular complexity index is 313. The lowest BCUT2D eigenvalue weighted by Gasteiger charge is -2.10. The molecule has 0 radical (unpaired) electrons. The van der Waals surface area contributed by atoms with Gasteiger partial charge in [0.25, 0.3) is 0 Å². The van der Waals surface area contributed by atoms with Crippen LogP contribution in [0.4, 0.5) is 0 Å². The minimum Gasteiger partial charge on any atom is -0.489 e. The van der Waals surface area contributed by atoms with Gasteiger partial charge in [0.05, 0.1) is 0 Å². The zero-order valence-electron chi connectivity index (χ0n) is 9.28. The Kier molecular flexibility index (Phi) is 7.79. The second-order valence-corrected chi connectivity index (χ2v) is 2.66. The fourth-order valence-corrected chi connectivity index (χ4v) is 1.06. The Balaban J connectivity index is 0.000000342. The van der Waals surface area contributed by atoms with E-state index in [2.05, 4.69) is 25.8 Å². The van der Waals surface area contributed by atoms with Crippen LogP contribution in [0.25, 0.3) is 6.08 Å². The molecule has 80 valence electrons. The number of benzene rings is 1. The Hall–Kier alpha value is -1.76. The third-order valence-electron chi connectivity index (χ3n) is 1.55. The van der Waals surface area contributed by atoms with Gasteiger partial charge in [-0.05, 0) is 19.1 Å². The Morgan fingerprint density at radius 2 is 1.87 bits per heavy atom. The standard InChI is InChI=1S/C9H8O.C3H6.C2H4/c1-2-6-9-8(4-1)5-3-7-10-9;1-3-2;1-2/h1-6H,7H2;3H,1H2,2H3;1-2H2. The van der Waals surface area contributed by atoms with Crippen LogP contribution in [0.3, 0.4) is 0 Å². The second kappa shape index (κ2) is 8.82. The Morgan fingerprint density at radius 3 is 2.47 bits per heavy atom. The first-order valence-corrected chi connectivity index (χ1v) is 4.84. The minimum absolute atomic E-state index is 0.705. The van der Waals surface area contributed by atoms with Crippen LogP contribution in [0.5, 0.6) is 5.75 Å². The van der Waals surface area contributed by atoms with Crippen LogP contribution in [0.2, 0.25) is 0 Å². The summed E-state index contributed by atoms with van der Waals surface area (Å²) in [6.07, 6.45) is 5.85. The van der Waals surface area contributed by atoms with Crippen LogP contribution < -0.4 is 4.74 Å². The molecule has 1 aliphatic rings. The highest BCUT2D eigenvalue weighted by Gasteiger charge is 2.01. The van der Waals surface area contributed by atoms with Crippen molar-refractivity contribution < 1.29 is 4.74 Å². The number of allylic oxidation sites excluding steroid dienone is 1. The zero-order valence-corrected chi connectivity index (χ0v) is 9.28. The van der Waals surface area contributed by atoms with Crippen molar-refractivity contribution in [3.8, 4) is 5.75 Å². The Labute approximate surface area is 92.4 Å². The fraction of sp³-hybridized carbons (Fsp3) is 0.143. The van der Waals surface area contributed by atoms with E-state index in [1.54, 1.807) is 6.08 Å². The molecule has 1 heteroatoms. The van der Waals surface area contributed by atoms with Crippen LogP contribution in [-0.2, 0) is 0 Å². The average Bonchev–Trinajstić information content (AvgIpc) is 2.33. The number of hydrogen-bond acceptors (Lipinski definition) is 1. The highest BCUT2D eigenvalue weighted by atomic mass is 16.5. The molecule has 0 saturated heterocycles. The third-order valence-corrected chi connectivity index (χ3v) is 1.55. The lowest BCUT2D eigenvalue weighted by atomic mass is 10.1. The quantitative estimate of drug-likeness (QED) is 0.576. The van der Waals surface area contributed by atoms with Crippen molar-refractivity contribution in [2.24, 2.45) is 0 Å². The molecule has 0 atom stereocenters. The summed E-state index contributed by atoms with van der Waals surface area (Å²) in [5.74, 6) is 0.991. The van der Waals surface area contributed by atoms with Gasteiger partial charge < -0.3 is 4.74 Å². The van der Waals surface area contributed by atoms with Crippen molar-refractivity contribution in [2.45, 2.75) is 6.92 Å². The van der Waals surface area contributed by atoms with Gasteiger partial charge in [-0.15, -0.1) is 19.7 Å². The molecular formula is C14H18O. The molecule has 0 spiro atoms. The summed E-state index contributed by atoms with van der Waals surface area (Å²) in [6, 6.07) is 8.03. The van der Waals surface area contributed by atoms with E-state index < -0.39 is 0 Å². The third kappa shape index (κ3) is 4.87. The Morgan fingerprint density at radius 1 is 1.27 bits per heavy atom. The van der Waals surface area contributed by atoms with Crippen LogP contribution in [-0.4, -0.2) is 6.61 Å². The van der Waals surface area contributed by atoms with Gasteiger partial charge in [-0.1, -0.05) is 30.4 Å². The number of hydrogen-bond donors (Lipinski definition) is 0. The van der Waals surface area contributed by atoms with Crippen molar-refractivity contribution in [1.29, 1.82) is 0 Å². The maximum Gasteiger partial charge on any atom is 0.126 e. The van der Waals surface area contributed by atoms with Gasteiger partial charge in [0, 0.05) is 5.56 Å². The van der Waals surface area contributed by atoms with Gasteiger partial charge in [-0.2, -0.15) is 0 Å². The van der Waals surface area contributed by atoms with Gasteiger partial charge in [0.2, 0.25) is 0 Å². The van der Waals surface area contributed by atoms with Crippen molar-refractivity contribution in [3.05, 3.63) is 61.7 Å². The molecule has 1 aromatic rings. The average molecular weight is 202 g/mol. The highest BCUT2D eigenvalue weighted by Crippen LogP contribution is 2.21. The maximum absolute atomic E-state index is 5.34. The first kappa shape index (κ1) is 13.2. The summed E-state index contributed by atoms with van der Waals surface area (Å²) in [6.45, 7) is 12.0. The van der Waals surface area contributed by atoms with Gasteiger partial charge >= 0.3 is 0 Å². The van der Waals surface area contributed by atoms with Crippen LogP contribution >= 0.6 is 0 Å². The maximum atomic E-state index is 5.34. The van der Waals surface area contributed by atoms with E-state index in [9.17, 15) is 0 Å². The molecule has 0 unspecified atom stereocenters. The van der Waals surface area contributed by atoms with Crippen LogP contribution in [0, 0.1) is 0 Å². The molecule has 0 N–H and O–H groups in total. The lowest BCUT2D eigenvalue weighted by molar-refractivity contribution is 0.358. The van der Waals surface area contributed by atoms with E-state index in [1.807, 2.05) is 37.3 Å². The largest absolute Gasteiger partial charge is 0.489 e. The number of para-hydroxylation sites is 1. The SMILES string of the molecule is C1=Cc2ccccc2OC1.C=C.C=CC. The molecule has 0 bridgehead atoms. The van der Waals surface area contributed by atoms with E-state index in [4.69, 9.17) is 4.74 Å². The number of ether oxygens (including phenoxy) is 1. The predicted octanol–water partition coefficient (Wildman–Crippen LogP) is 4.09. The van der Waals surface area contributed by atoms with E-state index in [0.29, 0.717) is 6.61 Å². The molecule has 0 saturated carbocycles. The molecule has 1 aromatic carbocycles. The molecule has 0 fully saturated rings. The smallest absolute Gasteiger partial charge is 0.126 e. The summed E-state index contributed by atoms with van der Waals surface area (Å²) in [5.41, 5.74) is 1.17. The van der Waals surface area contributed by atoms with Gasteiger partial charge in [-0.25, -0.2) is 0 Å². The first-order valence-electron chi connectivity index (χ1n) is 4.84. The molecule has 1 aliphatic heterocycles. The van der Waals surface area contributed by atoms with Crippen LogP contribution in [0.15, 0.2) is 56.2 Å². The van der Waals surface area contributed by atoms with Gasteiger partial charge in [0.15, 0.2) is 0 Å². The van der Waals surface area contributed by atoms with Gasteiger partial charge in [-0.3, -0.25) is 0 Å². The fourth-order valence-electron chi connectivity index (χ4n) is 1.06. The van der Waals surface area contributed by atoms with E-state index in [1.165, 1.54) is 5.56 Å². The lowest BCUT2D eigenvalue weighted by Crippen LogP contribution is -1.98. The summed E-state index contributed by atoms with van der Waals surface area (Å²) in [4.78, 5) is 0. The van der Waals surface area contributed by atoms with Crippen LogP contribution in [0.1, 0.15) is 12.5 Å². The van der Waals surface area contributed by atoms with Crippen molar-refractivity contribution in [1.82, 2.24) is 0 Å². The monoisotopic (exact) mass is 202 g/mol. The summed E-state index contributed by atoms with van der Waals surface area (Å²) >= 11 is 0. The predicted molar refractivity (Wildman–Crippen MR) is 68.1 cm³/mol. The van der Waals surface area contributed by atoms with Crippen molar-refractivity contribution in [3.63, 3.8) is 0 Å². The molecule has 1 nitrogen and oxygen atoms in total. The summed E-state index contributed by atoms with van der Waals surface area (Å²) < 4.78 is 5.34. The van der Waals surface area contributed by atoms with E-state index in [-0.39, 0.29) is 0 Å². The molecule has 2 rings (SSSR count). The first-order chi connectivity index (χ1) is 7.38. The molecule has 0 amide bonds. The van der Waals surface area contributed by atoms with Crippen molar-refractivity contribution >= 4 is 6.08 Å². The zero-order chi connectivity index (χ0) is 11.5. The molecule has 0 aromatic heterocycles. The topological polar surface area (TPSA) is 9.23 Å². The number of fused-ring (bicyclic) bond motifs is 1.